The first-order valence-electron chi connectivity index (χ1n) is 5.84. The summed E-state index contributed by atoms with van der Waals surface area (Å²) in [7, 11) is 0. The molecule has 0 aliphatic rings. The van der Waals surface area contributed by atoms with Crippen LogP contribution in [0.1, 0.15) is 11.1 Å². The van der Waals surface area contributed by atoms with Gasteiger partial charge >= 0.3 is 17.3 Å². The Hall–Kier alpha value is -3.02. The second-order valence-electron chi connectivity index (χ2n) is 4.16. The van der Waals surface area contributed by atoms with E-state index >= 15 is 0 Å². The number of benzene rings is 1. The smallest absolute Gasteiger partial charge is 0.406 e. The second kappa shape index (κ2) is 5.40. The van der Waals surface area contributed by atoms with E-state index in [9.17, 15) is 22.8 Å². The van der Waals surface area contributed by atoms with Crippen LogP contribution in [0.25, 0.3) is 11.0 Å². The molecule has 2 aromatic rings. The number of fused-ring (bicyclic) bond motifs is 1. The molecule has 0 spiro atoms. The molecule has 0 radical (unpaired) electrons. The lowest BCUT2D eigenvalue weighted by Gasteiger charge is -2.13. The normalized spacial score (nSPS) is 11.2. The zero-order valence-corrected chi connectivity index (χ0v) is 10.9. The van der Waals surface area contributed by atoms with Crippen LogP contribution in [0.5, 0.6) is 0 Å². The van der Waals surface area contributed by atoms with Gasteiger partial charge in [-0.15, -0.1) is 4.73 Å². The lowest BCUT2D eigenvalue weighted by Crippen LogP contribution is -2.39. The molecule has 9 heteroatoms. The Balaban J connectivity index is 2.89. The van der Waals surface area contributed by atoms with Gasteiger partial charge in [-0.05, 0) is 12.1 Å². The van der Waals surface area contributed by atoms with Crippen molar-refractivity contribution in [2.24, 2.45) is 0 Å². The minimum Gasteiger partial charge on any atom is -0.406 e. The molecule has 0 unspecified atom stereocenters. The molecule has 0 fully saturated rings. The lowest BCUT2D eigenvalue weighted by molar-refractivity contribution is -0.137. The molecular weight excluding hydrogens is 303 g/mol. The van der Waals surface area contributed by atoms with Crippen molar-refractivity contribution in [3.8, 4) is 6.07 Å². The van der Waals surface area contributed by atoms with E-state index in [1.807, 2.05) is 4.98 Å². The molecule has 6 nitrogen and oxygen atoms in total. The van der Waals surface area contributed by atoms with Crippen molar-refractivity contribution in [3.05, 3.63) is 56.6 Å². The summed E-state index contributed by atoms with van der Waals surface area (Å²) >= 11 is 0. The topological polar surface area (TPSA) is 87.9 Å². The molecule has 1 heterocycles. The van der Waals surface area contributed by atoms with Gasteiger partial charge in [0.15, 0.2) is 0 Å². The number of aromatic nitrogens is 2. The fourth-order valence-corrected chi connectivity index (χ4v) is 1.82. The largest absolute Gasteiger partial charge is 0.417 e. The summed E-state index contributed by atoms with van der Waals surface area (Å²) in [5.74, 6) is 0. The van der Waals surface area contributed by atoms with Crippen LogP contribution in [0.3, 0.4) is 0 Å². The van der Waals surface area contributed by atoms with Gasteiger partial charge in [0.2, 0.25) is 0 Å². The van der Waals surface area contributed by atoms with E-state index in [-0.39, 0.29) is 17.6 Å². The number of aromatic amines is 1. The molecule has 0 aliphatic carbocycles. The van der Waals surface area contributed by atoms with Crippen molar-refractivity contribution in [3.63, 3.8) is 0 Å². The molecule has 1 N–H and O–H groups in total. The summed E-state index contributed by atoms with van der Waals surface area (Å²) in [5, 5.41) is 8.87. The number of alkyl halides is 3. The van der Waals surface area contributed by atoms with E-state index in [2.05, 4.69) is 6.58 Å². The quantitative estimate of drug-likeness (QED) is 0.681. The van der Waals surface area contributed by atoms with Crippen LogP contribution in [0.15, 0.2) is 34.4 Å². The Bertz CT molecular complexity index is 903. The number of hydrogen-bond acceptors (Lipinski definition) is 4. The van der Waals surface area contributed by atoms with Gasteiger partial charge in [-0.25, -0.2) is 0 Å². The van der Waals surface area contributed by atoms with Crippen molar-refractivity contribution in [2.75, 3.05) is 6.61 Å². The van der Waals surface area contributed by atoms with Crippen LogP contribution in [0.4, 0.5) is 13.2 Å². The molecule has 0 bridgehead atoms. The van der Waals surface area contributed by atoms with Crippen LogP contribution < -0.4 is 16.0 Å². The van der Waals surface area contributed by atoms with Crippen LogP contribution in [-0.4, -0.2) is 16.3 Å². The Kier molecular flexibility index (Phi) is 3.77. The van der Waals surface area contributed by atoms with Gasteiger partial charge in [-0.1, -0.05) is 12.7 Å². The third-order valence-electron chi connectivity index (χ3n) is 2.73. The molecule has 0 saturated heterocycles. The van der Waals surface area contributed by atoms with Crippen LogP contribution >= 0.6 is 0 Å². The fourth-order valence-electron chi connectivity index (χ4n) is 1.82. The van der Waals surface area contributed by atoms with Crippen molar-refractivity contribution < 1.29 is 18.0 Å². The molecule has 0 amide bonds. The molecule has 0 atom stereocenters. The Morgan fingerprint density at radius 3 is 2.64 bits per heavy atom. The molecular formula is C13H8F3N3O3. The van der Waals surface area contributed by atoms with Gasteiger partial charge in [0.05, 0.1) is 22.7 Å². The van der Waals surface area contributed by atoms with Crippen molar-refractivity contribution in [1.82, 2.24) is 9.71 Å². The maximum Gasteiger partial charge on any atom is 0.417 e. The average molecular weight is 311 g/mol. The van der Waals surface area contributed by atoms with Gasteiger partial charge in [-0.3, -0.25) is 9.59 Å². The standard InChI is InChI=1S/C13H8F3N3O3/c1-2-3-22-19-10-4-7(6-17)8(13(14,15)16)5-9(10)18-11(20)12(19)21/h2,4-5H,1,3H2,(H,18,20). The van der Waals surface area contributed by atoms with Crippen LogP contribution in [-0.2, 0) is 6.18 Å². The average Bonchev–Trinajstić information content (AvgIpc) is 2.45. The summed E-state index contributed by atoms with van der Waals surface area (Å²) < 4.78 is 39.2. The van der Waals surface area contributed by atoms with Crippen LogP contribution in [0, 0.1) is 11.3 Å². The van der Waals surface area contributed by atoms with Crippen molar-refractivity contribution in [1.29, 1.82) is 5.26 Å². The number of nitrogens with one attached hydrogen (secondary N) is 1. The van der Waals surface area contributed by atoms with E-state index in [4.69, 9.17) is 10.1 Å². The number of halogens is 3. The van der Waals surface area contributed by atoms with Gasteiger partial charge in [0.1, 0.15) is 12.1 Å². The van der Waals surface area contributed by atoms with E-state index < -0.39 is 28.4 Å². The summed E-state index contributed by atoms with van der Waals surface area (Å²) in [6.45, 7) is 3.21. The number of nitrogens with zero attached hydrogens (tertiary/aromatic N) is 2. The summed E-state index contributed by atoms with van der Waals surface area (Å²) in [6.07, 6.45) is -3.49. The fraction of sp³-hybridized carbons (Fsp3) is 0.154. The summed E-state index contributed by atoms with van der Waals surface area (Å²) in [4.78, 5) is 30.2. The highest BCUT2D eigenvalue weighted by molar-refractivity contribution is 5.77. The highest BCUT2D eigenvalue weighted by Crippen LogP contribution is 2.33. The number of rotatable bonds is 3. The third-order valence-corrected chi connectivity index (χ3v) is 2.73. The predicted molar refractivity (Wildman–Crippen MR) is 70.2 cm³/mol. The van der Waals surface area contributed by atoms with Crippen molar-refractivity contribution in [2.45, 2.75) is 6.18 Å². The maximum absolute atomic E-state index is 12.9. The van der Waals surface area contributed by atoms with Crippen molar-refractivity contribution >= 4 is 11.0 Å². The summed E-state index contributed by atoms with van der Waals surface area (Å²) in [5.41, 5.74) is -4.60. The minimum atomic E-state index is -4.78. The van der Waals surface area contributed by atoms with Gasteiger partial charge < -0.3 is 9.82 Å². The minimum absolute atomic E-state index is 0.151. The predicted octanol–water partition coefficient (Wildman–Crippen LogP) is 1.19. The van der Waals surface area contributed by atoms with Gasteiger partial charge in [0.25, 0.3) is 0 Å². The number of hydrogen-bond donors (Lipinski definition) is 1. The highest BCUT2D eigenvalue weighted by atomic mass is 19.4. The van der Waals surface area contributed by atoms with E-state index in [1.54, 1.807) is 0 Å². The van der Waals surface area contributed by atoms with E-state index in [1.165, 1.54) is 12.1 Å². The maximum atomic E-state index is 12.9. The Morgan fingerprint density at radius 2 is 2.09 bits per heavy atom. The molecule has 114 valence electrons. The van der Waals surface area contributed by atoms with Crippen LogP contribution in [0.2, 0.25) is 0 Å². The first-order valence-corrected chi connectivity index (χ1v) is 5.84. The van der Waals surface area contributed by atoms with E-state index in [0.29, 0.717) is 10.8 Å². The zero-order chi connectivity index (χ0) is 16.5. The van der Waals surface area contributed by atoms with Gasteiger partial charge in [-0.2, -0.15) is 18.4 Å². The third kappa shape index (κ3) is 2.58. The molecule has 0 aliphatic heterocycles. The molecule has 22 heavy (non-hydrogen) atoms. The Morgan fingerprint density at radius 1 is 1.41 bits per heavy atom. The lowest BCUT2D eigenvalue weighted by atomic mass is 10.1. The first kappa shape index (κ1) is 15.4. The molecule has 0 saturated carbocycles. The zero-order valence-electron chi connectivity index (χ0n) is 10.9. The second-order valence-corrected chi connectivity index (χ2v) is 4.16. The highest BCUT2D eigenvalue weighted by Gasteiger charge is 2.34. The van der Waals surface area contributed by atoms with E-state index in [0.717, 1.165) is 6.07 Å². The summed E-state index contributed by atoms with van der Waals surface area (Å²) in [6, 6.07) is 2.83. The van der Waals surface area contributed by atoms with Gasteiger partial charge in [0, 0.05) is 0 Å². The molecule has 1 aromatic carbocycles. The number of H-pyrrole nitrogens is 1. The number of nitriles is 1. The first-order chi connectivity index (χ1) is 10.3. The monoisotopic (exact) mass is 311 g/mol. The molecule has 1 aromatic heterocycles. The Labute approximate surface area is 120 Å². The SMILES string of the molecule is C=CCOn1c(=O)c(=O)[nH]c2cc(C(F)(F)F)c(C#N)cc21. The molecule has 2 rings (SSSR count).